The normalized spacial score (nSPS) is 17.2. The van der Waals surface area contributed by atoms with E-state index < -0.39 is 0 Å². The summed E-state index contributed by atoms with van der Waals surface area (Å²) in [5.41, 5.74) is 7.91. The molecule has 0 aliphatic heterocycles. The molecule has 0 atom stereocenters. The SMILES string of the molecule is NCc1nnn(-c2nccs2)c1C1CCCCC1. The summed E-state index contributed by atoms with van der Waals surface area (Å²) in [4.78, 5) is 4.33. The van der Waals surface area contributed by atoms with E-state index in [1.54, 1.807) is 17.5 Å². The van der Waals surface area contributed by atoms with Crippen LogP contribution in [0, 0.1) is 0 Å². The van der Waals surface area contributed by atoms with Crippen molar-refractivity contribution in [2.24, 2.45) is 5.73 Å². The van der Waals surface area contributed by atoms with Gasteiger partial charge in [0, 0.05) is 24.0 Å². The van der Waals surface area contributed by atoms with E-state index in [4.69, 9.17) is 5.73 Å². The van der Waals surface area contributed by atoms with Crippen molar-refractivity contribution in [3.8, 4) is 5.13 Å². The van der Waals surface area contributed by atoms with Gasteiger partial charge in [-0.25, -0.2) is 4.98 Å². The predicted molar refractivity (Wildman–Crippen MR) is 70.7 cm³/mol. The second kappa shape index (κ2) is 5.16. The zero-order valence-electron chi connectivity index (χ0n) is 10.2. The van der Waals surface area contributed by atoms with E-state index in [1.807, 2.05) is 10.1 Å². The molecular formula is C12H17N5S. The standard InChI is InChI=1S/C12H17N5S/c13-8-10-11(9-4-2-1-3-5-9)17(16-15-10)12-14-6-7-18-12/h6-7,9H,1-5,8,13H2. The van der Waals surface area contributed by atoms with Crippen molar-refractivity contribution in [1.29, 1.82) is 0 Å². The summed E-state index contributed by atoms with van der Waals surface area (Å²) >= 11 is 1.59. The monoisotopic (exact) mass is 263 g/mol. The van der Waals surface area contributed by atoms with Crippen molar-refractivity contribution in [2.45, 2.75) is 44.6 Å². The van der Waals surface area contributed by atoms with Crippen LogP contribution in [0.15, 0.2) is 11.6 Å². The van der Waals surface area contributed by atoms with E-state index in [-0.39, 0.29) is 0 Å². The van der Waals surface area contributed by atoms with Crippen LogP contribution in [-0.4, -0.2) is 20.0 Å². The minimum Gasteiger partial charge on any atom is -0.325 e. The fraction of sp³-hybridized carbons (Fsp3) is 0.583. The van der Waals surface area contributed by atoms with Gasteiger partial charge in [0.2, 0.25) is 5.13 Å². The molecule has 0 aromatic carbocycles. The van der Waals surface area contributed by atoms with Gasteiger partial charge in [0.25, 0.3) is 0 Å². The van der Waals surface area contributed by atoms with Gasteiger partial charge in [-0.05, 0) is 12.8 Å². The van der Waals surface area contributed by atoms with E-state index >= 15 is 0 Å². The molecule has 2 aromatic heterocycles. The van der Waals surface area contributed by atoms with Crippen molar-refractivity contribution < 1.29 is 0 Å². The molecular weight excluding hydrogens is 246 g/mol. The number of nitrogens with two attached hydrogens (primary N) is 1. The Morgan fingerprint density at radius 2 is 2.17 bits per heavy atom. The summed E-state index contributed by atoms with van der Waals surface area (Å²) in [5.74, 6) is 0.538. The highest BCUT2D eigenvalue weighted by molar-refractivity contribution is 7.12. The summed E-state index contributed by atoms with van der Waals surface area (Å²) < 4.78 is 1.89. The maximum atomic E-state index is 5.79. The van der Waals surface area contributed by atoms with Crippen LogP contribution in [0.1, 0.15) is 49.4 Å². The Labute approximate surface area is 110 Å². The van der Waals surface area contributed by atoms with Crippen LogP contribution in [0.3, 0.4) is 0 Å². The van der Waals surface area contributed by atoms with Crippen LogP contribution in [0.2, 0.25) is 0 Å². The molecule has 0 saturated heterocycles. The highest BCUT2D eigenvalue weighted by Gasteiger charge is 2.25. The van der Waals surface area contributed by atoms with Gasteiger partial charge < -0.3 is 5.73 Å². The van der Waals surface area contributed by atoms with Crippen molar-refractivity contribution in [3.05, 3.63) is 23.0 Å². The lowest BCUT2D eigenvalue weighted by Crippen LogP contribution is -2.14. The largest absolute Gasteiger partial charge is 0.325 e. The molecule has 2 N–H and O–H groups in total. The number of thiazole rings is 1. The number of nitrogens with zero attached hydrogens (tertiary/aromatic N) is 4. The molecule has 0 amide bonds. The summed E-state index contributed by atoms with van der Waals surface area (Å²) in [6.45, 7) is 0.456. The number of hydrogen-bond donors (Lipinski definition) is 1. The minimum absolute atomic E-state index is 0.456. The third-order valence-corrected chi connectivity index (χ3v) is 4.31. The molecule has 6 heteroatoms. The molecule has 1 aliphatic carbocycles. The third kappa shape index (κ3) is 2.06. The van der Waals surface area contributed by atoms with Crippen molar-refractivity contribution in [3.63, 3.8) is 0 Å². The van der Waals surface area contributed by atoms with Gasteiger partial charge in [-0.1, -0.05) is 24.5 Å². The van der Waals surface area contributed by atoms with Crippen LogP contribution in [-0.2, 0) is 6.54 Å². The topological polar surface area (TPSA) is 69.6 Å². The van der Waals surface area contributed by atoms with Crippen molar-refractivity contribution >= 4 is 11.3 Å². The van der Waals surface area contributed by atoms with Gasteiger partial charge in [-0.15, -0.1) is 16.4 Å². The Morgan fingerprint density at radius 3 is 2.83 bits per heavy atom. The van der Waals surface area contributed by atoms with Crippen LogP contribution < -0.4 is 5.73 Å². The average molecular weight is 263 g/mol. The molecule has 0 unspecified atom stereocenters. The Bertz CT molecular complexity index is 499. The van der Waals surface area contributed by atoms with Crippen LogP contribution in [0.4, 0.5) is 0 Å². The first-order valence-corrected chi connectivity index (χ1v) is 7.32. The summed E-state index contributed by atoms with van der Waals surface area (Å²) in [6.07, 6.45) is 8.15. The van der Waals surface area contributed by atoms with Gasteiger partial charge in [0.15, 0.2) is 0 Å². The molecule has 2 heterocycles. The maximum absolute atomic E-state index is 5.79. The van der Waals surface area contributed by atoms with Crippen LogP contribution >= 0.6 is 11.3 Å². The Hall–Kier alpha value is -1.27. The van der Waals surface area contributed by atoms with Gasteiger partial charge >= 0.3 is 0 Å². The smallest absolute Gasteiger partial charge is 0.211 e. The Kier molecular flexibility index (Phi) is 3.38. The molecule has 3 rings (SSSR count). The van der Waals surface area contributed by atoms with E-state index in [0.717, 1.165) is 10.8 Å². The van der Waals surface area contributed by atoms with Crippen LogP contribution in [0.25, 0.3) is 5.13 Å². The Morgan fingerprint density at radius 1 is 1.33 bits per heavy atom. The summed E-state index contributed by atoms with van der Waals surface area (Å²) in [5, 5.41) is 11.3. The number of hydrogen-bond acceptors (Lipinski definition) is 5. The van der Waals surface area contributed by atoms with E-state index in [9.17, 15) is 0 Å². The first kappa shape index (κ1) is 11.8. The first-order valence-electron chi connectivity index (χ1n) is 6.44. The summed E-state index contributed by atoms with van der Waals surface area (Å²) in [7, 11) is 0. The Balaban J connectivity index is 2.01. The lowest BCUT2D eigenvalue weighted by molar-refractivity contribution is 0.427. The zero-order valence-corrected chi connectivity index (χ0v) is 11.1. The van der Waals surface area contributed by atoms with Gasteiger partial charge in [0.05, 0.1) is 5.69 Å². The highest BCUT2D eigenvalue weighted by Crippen LogP contribution is 2.34. The first-order chi connectivity index (χ1) is 8.90. The third-order valence-electron chi connectivity index (χ3n) is 3.56. The quantitative estimate of drug-likeness (QED) is 0.922. The maximum Gasteiger partial charge on any atom is 0.211 e. The van der Waals surface area contributed by atoms with Gasteiger partial charge in [0.1, 0.15) is 5.69 Å². The molecule has 96 valence electrons. The van der Waals surface area contributed by atoms with Crippen LogP contribution in [0.5, 0.6) is 0 Å². The predicted octanol–water partition coefficient (Wildman–Crippen LogP) is 2.23. The van der Waals surface area contributed by atoms with E-state index in [2.05, 4.69) is 15.3 Å². The van der Waals surface area contributed by atoms with E-state index in [0.29, 0.717) is 12.5 Å². The average Bonchev–Trinajstić information content (AvgIpc) is 3.08. The van der Waals surface area contributed by atoms with Crippen molar-refractivity contribution in [2.75, 3.05) is 0 Å². The van der Waals surface area contributed by atoms with E-state index in [1.165, 1.54) is 37.8 Å². The molecule has 18 heavy (non-hydrogen) atoms. The number of rotatable bonds is 3. The van der Waals surface area contributed by atoms with Crippen molar-refractivity contribution in [1.82, 2.24) is 20.0 Å². The molecule has 0 spiro atoms. The molecule has 0 radical (unpaired) electrons. The van der Waals surface area contributed by atoms with Gasteiger partial charge in [-0.3, -0.25) is 0 Å². The number of aromatic nitrogens is 4. The molecule has 1 aliphatic rings. The fourth-order valence-electron chi connectivity index (χ4n) is 2.71. The molecule has 0 bridgehead atoms. The highest BCUT2D eigenvalue weighted by atomic mass is 32.1. The fourth-order valence-corrected chi connectivity index (χ4v) is 3.31. The zero-order chi connectivity index (χ0) is 12.4. The molecule has 5 nitrogen and oxygen atoms in total. The second-order valence-corrected chi connectivity index (χ2v) is 5.56. The molecule has 1 fully saturated rings. The minimum atomic E-state index is 0.456. The lowest BCUT2D eigenvalue weighted by atomic mass is 9.86. The summed E-state index contributed by atoms with van der Waals surface area (Å²) in [6, 6.07) is 0. The van der Waals surface area contributed by atoms with Gasteiger partial charge in [-0.2, -0.15) is 4.68 Å². The molecule has 1 saturated carbocycles. The molecule has 2 aromatic rings. The lowest BCUT2D eigenvalue weighted by Gasteiger charge is -2.22. The second-order valence-electron chi connectivity index (χ2n) is 4.69.